The molecular weight excluding hydrogens is 500 g/mol. The van der Waals surface area contributed by atoms with E-state index < -0.39 is 22.4 Å². The third-order valence-corrected chi connectivity index (χ3v) is 7.26. The minimum atomic E-state index is -2.45. The second kappa shape index (κ2) is 11.2. The zero-order valence-electron chi connectivity index (χ0n) is 19.3. The molecule has 2 aromatic heterocycles. The number of hydrogen-bond acceptors (Lipinski definition) is 8. The van der Waals surface area contributed by atoms with E-state index in [2.05, 4.69) is 20.6 Å². The van der Waals surface area contributed by atoms with Crippen LogP contribution in [0.1, 0.15) is 37.2 Å². The van der Waals surface area contributed by atoms with Crippen molar-refractivity contribution in [2.75, 3.05) is 17.7 Å². The van der Waals surface area contributed by atoms with Gasteiger partial charge in [-0.15, -0.1) is 11.3 Å². The van der Waals surface area contributed by atoms with Gasteiger partial charge in [0.2, 0.25) is 0 Å². The van der Waals surface area contributed by atoms with Gasteiger partial charge >= 0.3 is 6.03 Å². The van der Waals surface area contributed by atoms with Crippen LogP contribution in [0, 0.1) is 6.92 Å². The van der Waals surface area contributed by atoms with Gasteiger partial charge in [-0.05, 0) is 60.0 Å². The molecule has 0 radical (unpaired) electrons. The second-order valence-corrected chi connectivity index (χ2v) is 9.70. The maximum Gasteiger partial charge on any atom is 0.325 e. The highest BCUT2D eigenvalue weighted by atomic mass is 32.2. The number of amides is 2. The molecule has 9 nitrogen and oxygen atoms in total. The first-order valence-electron chi connectivity index (χ1n) is 10.7. The van der Waals surface area contributed by atoms with Crippen LogP contribution in [0.4, 0.5) is 15.6 Å². The SMILES string of the molecule is COc1ccccc1C(=O)c1cc(C)ccc1NC(=O)Nc1ncc(C(c2ccncc2)S(=O)[O-])s1. The minimum absolute atomic E-state index is 0.205. The van der Waals surface area contributed by atoms with Crippen molar-refractivity contribution in [3.05, 3.63) is 100 Å². The molecule has 11 heteroatoms. The molecule has 0 fully saturated rings. The van der Waals surface area contributed by atoms with Crippen LogP contribution in [0.15, 0.2) is 73.2 Å². The number of methoxy groups -OCH3 is 1. The lowest BCUT2D eigenvalue weighted by atomic mass is 9.99. The van der Waals surface area contributed by atoms with Gasteiger partial charge in [-0.2, -0.15) is 0 Å². The van der Waals surface area contributed by atoms with Crippen LogP contribution in [0.25, 0.3) is 0 Å². The van der Waals surface area contributed by atoms with Crippen LogP contribution in [-0.4, -0.2) is 37.7 Å². The Kier molecular flexibility index (Phi) is 7.84. The number of thiazole rings is 1. The number of nitrogens with zero attached hydrogens (tertiary/aromatic N) is 2. The number of carbonyl (C=O) groups is 2. The number of aromatic nitrogens is 2. The van der Waals surface area contributed by atoms with Crippen molar-refractivity contribution in [2.45, 2.75) is 12.2 Å². The van der Waals surface area contributed by atoms with E-state index in [4.69, 9.17) is 4.74 Å². The fourth-order valence-electron chi connectivity index (χ4n) is 3.56. The van der Waals surface area contributed by atoms with Gasteiger partial charge in [-0.1, -0.05) is 23.8 Å². The Morgan fingerprint density at radius 2 is 1.81 bits per heavy atom. The molecule has 36 heavy (non-hydrogen) atoms. The molecule has 0 bridgehead atoms. The third-order valence-electron chi connectivity index (χ3n) is 5.22. The molecule has 4 aromatic rings. The first-order valence-corrected chi connectivity index (χ1v) is 12.6. The zero-order valence-corrected chi connectivity index (χ0v) is 20.9. The lowest BCUT2D eigenvalue weighted by Crippen LogP contribution is -2.21. The van der Waals surface area contributed by atoms with E-state index in [0.717, 1.165) is 16.9 Å². The number of nitrogens with one attached hydrogen (secondary N) is 2. The molecule has 0 aliphatic carbocycles. The fourth-order valence-corrected chi connectivity index (χ4v) is 5.39. The second-order valence-electron chi connectivity index (χ2n) is 7.65. The molecule has 2 unspecified atom stereocenters. The van der Waals surface area contributed by atoms with E-state index in [-0.39, 0.29) is 10.9 Å². The number of pyridine rings is 1. The standard InChI is InChI=1S/C25H22N4O5S2/c1-15-7-8-19(18(13-15)22(30)17-5-3-4-6-20(17)34-2)28-24(31)29-25-27-14-21(35-25)23(36(32)33)16-9-11-26-12-10-16/h3-14,23H,1-2H3,(H,32,33)(H2,27,28,29,31)/p-1. The molecule has 4 rings (SSSR count). The lowest BCUT2D eigenvalue weighted by molar-refractivity contribution is 0.103. The number of anilines is 2. The lowest BCUT2D eigenvalue weighted by Gasteiger charge is -2.18. The van der Waals surface area contributed by atoms with Crippen molar-refractivity contribution in [1.82, 2.24) is 9.97 Å². The highest BCUT2D eigenvalue weighted by Gasteiger charge is 2.21. The van der Waals surface area contributed by atoms with Crippen LogP contribution >= 0.6 is 11.3 Å². The van der Waals surface area contributed by atoms with Gasteiger partial charge in [0.25, 0.3) is 0 Å². The number of rotatable bonds is 8. The van der Waals surface area contributed by atoms with Crippen LogP contribution in [0.3, 0.4) is 0 Å². The van der Waals surface area contributed by atoms with E-state index in [1.807, 2.05) is 6.92 Å². The van der Waals surface area contributed by atoms with E-state index in [9.17, 15) is 18.4 Å². The number of benzene rings is 2. The first kappa shape index (κ1) is 25.2. The maximum absolute atomic E-state index is 13.3. The topological polar surface area (TPSA) is 133 Å². The first-order chi connectivity index (χ1) is 17.4. The highest BCUT2D eigenvalue weighted by molar-refractivity contribution is 7.79. The van der Waals surface area contributed by atoms with E-state index >= 15 is 0 Å². The molecule has 2 aromatic carbocycles. The number of aryl methyl sites for hydroxylation is 1. The normalized spacial score (nSPS) is 12.4. The summed E-state index contributed by atoms with van der Waals surface area (Å²) in [5.74, 6) is 0.121. The smallest absolute Gasteiger partial charge is 0.325 e. The molecule has 2 N–H and O–H groups in total. The van der Waals surface area contributed by atoms with Crippen LogP contribution < -0.4 is 15.4 Å². The van der Waals surface area contributed by atoms with E-state index in [0.29, 0.717) is 33.0 Å². The molecule has 184 valence electrons. The summed E-state index contributed by atoms with van der Waals surface area (Å²) in [5.41, 5.74) is 2.36. The van der Waals surface area contributed by atoms with Crippen molar-refractivity contribution in [3.63, 3.8) is 0 Å². The molecule has 0 aliphatic rings. The van der Waals surface area contributed by atoms with Crippen molar-refractivity contribution in [1.29, 1.82) is 0 Å². The summed E-state index contributed by atoms with van der Waals surface area (Å²) in [6, 6.07) is 14.5. The quantitative estimate of drug-likeness (QED) is 0.254. The number of hydrogen-bond donors (Lipinski definition) is 2. The number of ketones is 1. The van der Waals surface area contributed by atoms with Gasteiger partial charge in [-0.3, -0.25) is 19.3 Å². The highest BCUT2D eigenvalue weighted by Crippen LogP contribution is 2.33. The van der Waals surface area contributed by atoms with Crippen LogP contribution in [-0.2, 0) is 11.1 Å². The van der Waals surface area contributed by atoms with E-state index in [1.165, 1.54) is 25.7 Å². The average molecular weight is 522 g/mol. The molecule has 2 heterocycles. The minimum Gasteiger partial charge on any atom is -0.772 e. The Bertz CT molecular complexity index is 1420. The third kappa shape index (κ3) is 5.65. The number of para-hydroxylation sites is 1. The average Bonchev–Trinajstić information content (AvgIpc) is 3.32. The number of urea groups is 1. The Morgan fingerprint density at radius 1 is 1.06 bits per heavy atom. The Morgan fingerprint density at radius 3 is 2.53 bits per heavy atom. The van der Waals surface area contributed by atoms with Gasteiger partial charge in [-0.25, -0.2) is 9.78 Å². The number of carbonyl (C=O) groups excluding carboxylic acids is 2. The molecule has 2 atom stereocenters. The van der Waals surface area contributed by atoms with Crippen LogP contribution in [0.5, 0.6) is 5.75 Å². The predicted octanol–water partition coefficient (Wildman–Crippen LogP) is 4.70. The molecule has 0 saturated heterocycles. The monoisotopic (exact) mass is 521 g/mol. The Hall–Kier alpha value is -3.93. The van der Waals surface area contributed by atoms with Crippen LogP contribution in [0.2, 0.25) is 0 Å². The van der Waals surface area contributed by atoms with Gasteiger partial charge in [0, 0.05) is 29.0 Å². The molecule has 0 saturated carbocycles. The largest absolute Gasteiger partial charge is 0.772 e. The Balaban J connectivity index is 1.54. The summed E-state index contributed by atoms with van der Waals surface area (Å²) in [7, 11) is 1.49. The summed E-state index contributed by atoms with van der Waals surface area (Å²) in [6.07, 6.45) is 4.42. The predicted molar refractivity (Wildman–Crippen MR) is 137 cm³/mol. The summed E-state index contributed by atoms with van der Waals surface area (Å²) in [4.78, 5) is 34.5. The van der Waals surface area contributed by atoms with Gasteiger partial charge in [0.05, 0.1) is 23.6 Å². The van der Waals surface area contributed by atoms with Gasteiger partial charge in [0.1, 0.15) is 5.75 Å². The van der Waals surface area contributed by atoms with Gasteiger partial charge in [0.15, 0.2) is 10.9 Å². The summed E-state index contributed by atoms with van der Waals surface area (Å²) in [6.45, 7) is 1.85. The maximum atomic E-state index is 13.3. The zero-order chi connectivity index (χ0) is 25.7. The molecular formula is C25H21N4O5S2-. The van der Waals surface area contributed by atoms with Crippen molar-refractivity contribution >= 4 is 45.1 Å². The van der Waals surface area contributed by atoms with Crippen molar-refractivity contribution in [2.24, 2.45) is 0 Å². The van der Waals surface area contributed by atoms with Crippen molar-refractivity contribution < 1.29 is 23.1 Å². The summed E-state index contributed by atoms with van der Waals surface area (Å²) < 4.78 is 29.1. The molecule has 2 amide bonds. The molecule has 0 aliphatic heterocycles. The summed E-state index contributed by atoms with van der Waals surface area (Å²) in [5, 5.41) is 4.57. The summed E-state index contributed by atoms with van der Waals surface area (Å²) >= 11 is -1.41. The molecule has 0 spiro atoms. The number of ether oxygens (including phenoxy) is 1. The fraction of sp³-hybridized carbons (Fsp3) is 0.120. The Labute approximate surface area is 213 Å². The van der Waals surface area contributed by atoms with Gasteiger partial charge < -0.3 is 14.6 Å². The van der Waals surface area contributed by atoms with Crippen molar-refractivity contribution in [3.8, 4) is 5.75 Å². The van der Waals surface area contributed by atoms with E-state index in [1.54, 1.807) is 54.6 Å².